The smallest absolute Gasteiger partial charge is 0.310 e. The van der Waals surface area contributed by atoms with Crippen molar-refractivity contribution >= 4 is 5.97 Å². The molecule has 0 saturated carbocycles. The quantitative estimate of drug-likeness (QED) is 0.341. The molecular formula is C23H26O8. The van der Waals surface area contributed by atoms with Crippen molar-refractivity contribution in [3.05, 3.63) is 47.5 Å². The Labute approximate surface area is 180 Å². The second-order valence-electron chi connectivity index (χ2n) is 7.41. The lowest BCUT2D eigenvalue weighted by Gasteiger charge is -2.22. The number of cyclic esters (lactones) is 1. The molecule has 0 N–H and O–H groups in total. The van der Waals surface area contributed by atoms with Gasteiger partial charge >= 0.3 is 5.97 Å². The van der Waals surface area contributed by atoms with E-state index in [2.05, 4.69) is 0 Å². The molecule has 0 aliphatic carbocycles. The topological polar surface area (TPSA) is 81.7 Å². The Morgan fingerprint density at radius 3 is 2.55 bits per heavy atom. The Bertz CT molecular complexity index is 928. The van der Waals surface area contributed by atoms with Crippen LogP contribution < -0.4 is 18.9 Å². The number of benzene rings is 2. The molecule has 1 fully saturated rings. The number of ether oxygens (including phenoxy) is 7. The maximum atomic E-state index is 12.9. The minimum atomic E-state index is -0.469. The molecule has 166 valence electrons. The number of rotatable bonds is 9. The van der Waals surface area contributed by atoms with Gasteiger partial charge < -0.3 is 33.2 Å². The van der Waals surface area contributed by atoms with Gasteiger partial charge in [-0.25, -0.2) is 0 Å². The molecule has 0 unspecified atom stereocenters. The fourth-order valence-corrected chi connectivity index (χ4v) is 4.06. The molecule has 2 aromatic rings. The van der Waals surface area contributed by atoms with Crippen LogP contribution in [0.2, 0.25) is 0 Å². The average Bonchev–Trinajstić information content (AvgIpc) is 3.38. The molecule has 1 saturated heterocycles. The third kappa shape index (κ3) is 4.40. The first kappa shape index (κ1) is 21.3. The van der Waals surface area contributed by atoms with Crippen LogP contribution in [-0.2, 0) is 25.4 Å². The van der Waals surface area contributed by atoms with Crippen LogP contribution in [0.4, 0.5) is 0 Å². The normalized spacial score (nSPS) is 21.8. The Morgan fingerprint density at radius 1 is 0.968 bits per heavy atom. The van der Waals surface area contributed by atoms with Crippen molar-refractivity contribution in [1.82, 2.24) is 0 Å². The summed E-state index contributed by atoms with van der Waals surface area (Å²) in [5, 5.41) is 0. The molecule has 0 aromatic heterocycles. The lowest BCUT2D eigenvalue weighted by molar-refractivity contribution is -0.144. The van der Waals surface area contributed by atoms with Gasteiger partial charge in [0.25, 0.3) is 0 Å². The van der Waals surface area contributed by atoms with E-state index in [4.69, 9.17) is 33.2 Å². The first-order valence-corrected chi connectivity index (χ1v) is 10.0. The molecule has 4 rings (SSSR count). The van der Waals surface area contributed by atoms with Crippen molar-refractivity contribution in [2.45, 2.75) is 12.5 Å². The van der Waals surface area contributed by atoms with E-state index in [-0.39, 0.29) is 31.4 Å². The first-order chi connectivity index (χ1) is 15.1. The van der Waals surface area contributed by atoms with Gasteiger partial charge in [0.1, 0.15) is 12.9 Å². The molecule has 2 aliphatic rings. The van der Waals surface area contributed by atoms with Gasteiger partial charge in [0.05, 0.1) is 26.7 Å². The van der Waals surface area contributed by atoms with Crippen LogP contribution in [0.1, 0.15) is 17.2 Å². The summed E-state index contributed by atoms with van der Waals surface area (Å²) >= 11 is 0. The summed E-state index contributed by atoms with van der Waals surface area (Å²) in [4.78, 5) is 12.9. The minimum Gasteiger partial charge on any atom is -0.493 e. The van der Waals surface area contributed by atoms with Crippen molar-refractivity contribution < 1.29 is 38.0 Å². The van der Waals surface area contributed by atoms with Gasteiger partial charge in [-0.2, -0.15) is 0 Å². The summed E-state index contributed by atoms with van der Waals surface area (Å²) in [6.45, 7) is 0.660. The summed E-state index contributed by atoms with van der Waals surface area (Å²) in [7, 11) is 4.71. The first-order valence-electron chi connectivity index (χ1n) is 10.0. The highest BCUT2D eigenvalue weighted by atomic mass is 16.7. The van der Waals surface area contributed by atoms with E-state index in [1.54, 1.807) is 27.4 Å². The molecule has 2 aromatic carbocycles. The van der Waals surface area contributed by atoms with Gasteiger partial charge in [-0.15, -0.1) is 0 Å². The Hall–Kier alpha value is -2.97. The number of esters is 1. The van der Waals surface area contributed by atoms with Gasteiger partial charge in [-0.3, -0.25) is 4.79 Å². The number of hydrogen-bond donors (Lipinski definition) is 0. The maximum absolute atomic E-state index is 12.9. The molecule has 8 nitrogen and oxygen atoms in total. The highest BCUT2D eigenvalue weighted by molar-refractivity contribution is 5.76. The second-order valence-corrected chi connectivity index (χ2v) is 7.41. The molecule has 0 amide bonds. The predicted octanol–water partition coefficient (Wildman–Crippen LogP) is 3.13. The molecule has 0 spiro atoms. The van der Waals surface area contributed by atoms with Gasteiger partial charge in [-0.05, 0) is 41.8 Å². The van der Waals surface area contributed by atoms with Crippen LogP contribution in [0.15, 0.2) is 36.4 Å². The zero-order valence-corrected chi connectivity index (χ0v) is 17.8. The highest BCUT2D eigenvalue weighted by Crippen LogP contribution is 2.44. The van der Waals surface area contributed by atoms with Crippen molar-refractivity contribution in [2.24, 2.45) is 11.8 Å². The van der Waals surface area contributed by atoms with Gasteiger partial charge in [0.2, 0.25) is 6.79 Å². The lowest BCUT2D eigenvalue weighted by Crippen LogP contribution is -2.24. The van der Waals surface area contributed by atoms with Crippen LogP contribution in [0.5, 0.6) is 23.0 Å². The fraction of sp³-hybridized carbons (Fsp3) is 0.435. The number of fused-ring (bicyclic) bond motifs is 1. The van der Waals surface area contributed by atoms with Crippen LogP contribution in [0.25, 0.3) is 0 Å². The molecular weight excluding hydrogens is 404 g/mol. The fourth-order valence-electron chi connectivity index (χ4n) is 4.06. The Kier molecular flexibility index (Phi) is 6.48. The second kappa shape index (κ2) is 9.45. The van der Waals surface area contributed by atoms with Gasteiger partial charge in [0.15, 0.2) is 23.0 Å². The van der Waals surface area contributed by atoms with Gasteiger partial charge in [-0.1, -0.05) is 12.1 Å². The Morgan fingerprint density at radius 2 is 1.77 bits per heavy atom. The summed E-state index contributed by atoms with van der Waals surface area (Å²) in [6.07, 6.45) is 0.0310. The third-order valence-corrected chi connectivity index (χ3v) is 5.59. The van der Waals surface area contributed by atoms with Crippen LogP contribution in [-0.4, -0.2) is 47.5 Å². The van der Waals surface area contributed by atoms with Crippen LogP contribution in [0, 0.1) is 11.8 Å². The SMILES string of the molecule is COCOC[C@@H]1[C@@H](Cc2ccc3c(c2)OCO3)C(=O)O[C@H]1c1ccc(OC)c(OC)c1. The summed E-state index contributed by atoms with van der Waals surface area (Å²) in [5.74, 6) is 1.74. The van der Waals surface area contributed by atoms with Gasteiger partial charge in [0, 0.05) is 13.0 Å². The van der Waals surface area contributed by atoms with E-state index < -0.39 is 6.10 Å². The highest BCUT2D eigenvalue weighted by Gasteiger charge is 2.45. The van der Waals surface area contributed by atoms with E-state index in [1.807, 2.05) is 30.3 Å². The maximum Gasteiger partial charge on any atom is 0.310 e. The summed E-state index contributed by atoms with van der Waals surface area (Å²) in [5.41, 5.74) is 1.79. The van der Waals surface area contributed by atoms with E-state index >= 15 is 0 Å². The number of hydrogen-bond acceptors (Lipinski definition) is 8. The number of methoxy groups -OCH3 is 3. The van der Waals surface area contributed by atoms with E-state index in [9.17, 15) is 4.79 Å². The molecule has 2 aliphatic heterocycles. The van der Waals surface area contributed by atoms with Crippen molar-refractivity contribution in [3.8, 4) is 23.0 Å². The molecule has 0 bridgehead atoms. The standard InChI is InChI=1S/C23H26O8/c1-25-12-28-11-17-16(8-14-4-6-19-21(9-14)30-13-29-19)23(24)31-22(17)15-5-7-18(26-2)20(10-15)27-3/h4-7,9-10,16-17,22H,8,11-13H2,1-3H3/t16-,17-,22+/m1/s1. The zero-order chi connectivity index (χ0) is 21.8. The van der Waals surface area contributed by atoms with E-state index in [1.165, 1.54) is 0 Å². The molecule has 3 atom stereocenters. The number of carbonyl (C=O) groups excluding carboxylic acids is 1. The van der Waals surface area contributed by atoms with Crippen LogP contribution >= 0.6 is 0 Å². The molecule has 2 heterocycles. The average molecular weight is 430 g/mol. The van der Waals surface area contributed by atoms with Crippen molar-refractivity contribution in [2.75, 3.05) is 41.5 Å². The van der Waals surface area contributed by atoms with Crippen LogP contribution in [0.3, 0.4) is 0 Å². The summed E-state index contributed by atoms with van der Waals surface area (Å²) in [6, 6.07) is 11.2. The van der Waals surface area contributed by atoms with Crippen molar-refractivity contribution in [3.63, 3.8) is 0 Å². The molecule has 0 radical (unpaired) electrons. The third-order valence-electron chi connectivity index (χ3n) is 5.59. The molecule has 8 heteroatoms. The minimum absolute atomic E-state index is 0.139. The monoisotopic (exact) mass is 430 g/mol. The van der Waals surface area contributed by atoms with E-state index in [0.717, 1.165) is 11.1 Å². The molecule has 31 heavy (non-hydrogen) atoms. The van der Waals surface area contributed by atoms with E-state index in [0.29, 0.717) is 36.0 Å². The lowest BCUT2D eigenvalue weighted by atomic mass is 9.83. The number of carbonyl (C=O) groups is 1. The predicted molar refractivity (Wildman–Crippen MR) is 109 cm³/mol. The van der Waals surface area contributed by atoms with Crippen molar-refractivity contribution in [1.29, 1.82) is 0 Å². The summed E-state index contributed by atoms with van der Waals surface area (Å²) < 4.78 is 38.1. The zero-order valence-electron chi connectivity index (χ0n) is 17.8. The largest absolute Gasteiger partial charge is 0.493 e. The Balaban J connectivity index is 1.59.